The van der Waals surface area contributed by atoms with E-state index in [-0.39, 0.29) is 0 Å². The van der Waals surface area contributed by atoms with E-state index in [9.17, 15) is 0 Å². The van der Waals surface area contributed by atoms with Crippen LogP contribution in [0.2, 0.25) is 17.5 Å². The molecule has 0 rings (SSSR count). The summed E-state index contributed by atoms with van der Waals surface area (Å²) in [6, 6.07) is 0. The van der Waals surface area contributed by atoms with Crippen molar-refractivity contribution in [1.82, 2.24) is 0 Å². The topological polar surface area (TPSA) is 0 Å². The molecule has 0 saturated carbocycles. The fourth-order valence-corrected chi connectivity index (χ4v) is 17.7. The van der Waals surface area contributed by atoms with Gasteiger partial charge in [-0.05, 0) is 0 Å². The van der Waals surface area contributed by atoms with Gasteiger partial charge in [0.1, 0.15) is 0 Å². The Hall–Kier alpha value is 0.818. The van der Waals surface area contributed by atoms with Gasteiger partial charge >= 0.3 is 115 Å². The van der Waals surface area contributed by atoms with E-state index < -0.39 is 18.8 Å². The first-order chi connectivity index (χ1) is 8.24. The van der Waals surface area contributed by atoms with E-state index in [0.717, 1.165) is 0 Å². The molecule has 0 N–H and O–H groups in total. The molecule has 0 atom stereocenters. The van der Waals surface area contributed by atoms with Crippen LogP contribution in [0.5, 0.6) is 0 Å². The monoisotopic (exact) mass is 349 g/mol. The molecule has 0 aromatic carbocycles. The average Bonchev–Trinajstić information content (AvgIpc) is 2.37. The first-order valence-electron chi connectivity index (χ1n) is 8.09. The van der Waals surface area contributed by atoms with Crippen LogP contribution in [0, 0.1) is 0 Å². The molecule has 17 heavy (non-hydrogen) atoms. The number of rotatable bonds is 12. The molecule has 0 fully saturated rings. The first-order valence-corrected chi connectivity index (χ1v) is 15.3. The quantitative estimate of drug-likeness (QED) is 0.346. The fraction of sp³-hybridized carbons (Fsp3) is 1.00. The van der Waals surface area contributed by atoms with E-state index in [4.69, 9.17) is 0 Å². The number of hydrogen-bond acceptors (Lipinski definition) is 0. The van der Waals surface area contributed by atoms with Crippen molar-refractivity contribution in [2.75, 3.05) is 0 Å². The van der Waals surface area contributed by atoms with Gasteiger partial charge < -0.3 is 0 Å². The second-order valence-corrected chi connectivity index (χ2v) is 18.4. The molecule has 0 bridgehead atoms. The second kappa shape index (κ2) is 11.9. The van der Waals surface area contributed by atoms with Crippen LogP contribution in [-0.2, 0) is 0 Å². The Morgan fingerprint density at radius 3 is 0.882 bits per heavy atom. The first kappa shape index (κ1) is 17.8. The van der Waals surface area contributed by atoms with Crippen molar-refractivity contribution in [3.05, 3.63) is 0 Å². The third-order valence-electron chi connectivity index (χ3n) is 3.94. The molecule has 0 aromatic heterocycles. The minimum atomic E-state index is -1.58. The summed E-state index contributed by atoms with van der Waals surface area (Å²) in [7, 11) is 0. The summed E-state index contributed by atoms with van der Waals surface area (Å²) in [5.74, 6) is 0. The minimum absolute atomic E-state index is 1.42. The Morgan fingerprint density at radius 1 is 0.471 bits per heavy atom. The molecule has 0 aromatic rings. The van der Waals surface area contributed by atoms with Gasteiger partial charge in [-0.1, -0.05) is 0 Å². The predicted molar refractivity (Wildman–Crippen MR) is 84.6 cm³/mol. The Balaban J connectivity index is 4.39. The predicted octanol–water partition coefficient (Wildman–Crippen LogP) is 6.64. The normalized spacial score (nSPS) is 12.0. The number of hydrogen-bond donors (Lipinski definition) is 0. The van der Waals surface area contributed by atoms with Crippen LogP contribution in [-0.4, -0.2) is 18.8 Å². The van der Waals surface area contributed by atoms with Crippen LogP contribution in [0.4, 0.5) is 0 Å². The van der Waals surface area contributed by atoms with Gasteiger partial charge in [0.05, 0.1) is 0 Å². The summed E-state index contributed by atoms with van der Waals surface area (Å²) >= 11 is -1.58. The molecule has 0 unspecified atom stereocenters. The molecule has 0 heterocycles. The fourth-order valence-electron chi connectivity index (χ4n) is 2.64. The zero-order chi connectivity index (χ0) is 13.0. The van der Waals surface area contributed by atoms with Gasteiger partial charge in [0, 0.05) is 0 Å². The molecule has 1 heteroatoms. The van der Waals surface area contributed by atoms with Crippen molar-refractivity contribution in [1.29, 1.82) is 0 Å². The third kappa shape index (κ3) is 8.52. The second-order valence-electron chi connectivity index (χ2n) is 5.65. The maximum absolute atomic E-state index is 2.37. The van der Waals surface area contributed by atoms with E-state index in [1.807, 2.05) is 0 Å². The van der Waals surface area contributed by atoms with Crippen LogP contribution in [0.3, 0.4) is 0 Å². The van der Waals surface area contributed by atoms with Crippen LogP contribution in [0.15, 0.2) is 0 Å². The Bertz CT molecular complexity index is 116. The molecule has 0 spiro atoms. The van der Waals surface area contributed by atoms with Gasteiger partial charge in [-0.2, -0.15) is 0 Å². The van der Waals surface area contributed by atoms with E-state index in [1.165, 1.54) is 51.4 Å². The van der Waals surface area contributed by atoms with Crippen LogP contribution in [0.25, 0.3) is 0 Å². The third-order valence-corrected chi connectivity index (χ3v) is 18.4. The zero-order valence-electron chi connectivity index (χ0n) is 12.9. The maximum atomic E-state index is 2.37. The van der Waals surface area contributed by atoms with E-state index in [2.05, 4.69) is 27.7 Å². The zero-order valence-corrected chi connectivity index (χ0v) is 15.5. The van der Waals surface area contributed by atoms with Crippen molar-refractivity contribution in [2.45, 2.75) is 96.5 Å². The van der Waals surface area contributed by atoms with Crippen molar-refractivity contribution >= 4 is 18.8 Å². The summed E-state index contributed by atoms with van der Waals surface area (Å²) in [5, 5.41) is 0. The Morgan fingerprint density at radius 2 is 0.706 bits per heavy atom. The Kier molecular flexibility index (Phi) is 12.5. The van der Waals surface area contributed by atoms with Crippen molar-refractivity contribution in [2.24, 2.45) is 0 Å². The van der Waals surface area contributed by atoms with E-state index in [0.29, 0.717) is 0 Å². The Labute approximate surface area is 115 Å². The standard InChI is InChI=1S/4C4H9.Sb/c4*1-3-4-2;/h4*1,3-4H2,2H3;/q;;;;+1. The molecule has 0 nitrogen and oxygen atoms in total. The summed E-state index contributed by atoms with van der Waals surface area (Å²) < 4.78 is 6.76. The molecule has 0 aliphatic heterocycles. The summed E-state index contributed by atoms with van der Waals surface area (Å²) in [6.07, 6.45) is 11.8. The van der Waals surface area contributed by atoms with Gasteiger partial charge in [-0.15, -0.1) is 0 Å². The SMILES string of the molecule is CCC[CH2][Sb+]([CH2]CCC)([CH2]CCC)[CH2]CCC. The molecular weight excluding hydrogens is 314 g/mol. The van der Waals surface area contributed by atoms with Crippen LogP contribution < -0.4 is 0 Å². The van der Waals surface area contributed by atoms with Crippen molar-refractivity contribution in [3.8, 4) is 0 Å². The summed E-state index contributed by atoms with van der Waals surface area (Å²) in [6.45, 7) is 9.48. The van der Waals surface area contributed by atoms with Crippen LogP contribution in [0.1, 0.15) is 79.1 Å². The van der Waals surface area contributed by atoms with Crippen molar-refractivity contribution < 1.29 is 0 Å². The molecule has 0 radical (unpaired) electrons. The summed E-state index contributed by atoms with van der Waals surface area (Å²) in [4.78, 5) is 0. The molecule has 0 aliphatic carbocycles. The average molecular weight is 350 g/mol. The molecule has 0 aliphatic rings. The van der Waals surface area contributed by atoms with Gasteiger partial charge in [0.2, 0.25) is 0 Å². The summed E-state index contributed by atoms with van der Waals surface area (Å²) in [5.41, 5.74) is 0. The van der Waals surface area contributed by atoms with Gasteiger partial charge in [-0.25, -0.2) is 0 Å². The number of unbranched alkanes of at least 4 members (excludes halogenated alkanes) is 4. The van der Waals surface area contributed by atoms with Gasteiger partial charge in [-0.3, -0.25) is 0 Å². The van der Waals surface area contributed by atoms with E-state index >= 15 is 0 Å². The van der Waals surface area contributed by atoms with Crippen molar-refractivity contribution in [3.63, 3.8) is 0 Å². The van der Waals surface area contributed by atoms with Gasteiger partial charge in [0.15, 0.2) is 0 Å². The molecule has 0 amide bonds. The molecular formula is C16H36Sb+. The molecule has 104 valence electrons. The van der Waals surface area contributed by atoms with E-state index in [1.54, 1.807) is 17.5 Å². The van der Waals surface area contributed by atoms with Crippen LogP contribution >= 0.6 is 0 Å². The molecule has 0 saturated heterocycles. The van der Waals surface area contributed by atoms with Gasteiger partial charge in [0.25, 0.3) is 0 Å².